The van der Waals surface area contributed by atoms with Crippen LogP contribution in [-0.4, -0.2) is 53.7 Å². The fraction of sp³-hybridized carbons (Fsp3) is 0.444. The predicted molar refractivity (Wildman–Crippen MR) is 128 cm³/mol. The van der Waals surface area contributed by atoms with Crippen molar-refractivity contribution < 1.29 is 24.2 Å². The number of aliphatic carboxylic acids is 1. The van der Waals surface area contributed by atoms with Gasteiger partial charge in [-0.1, -0.05) is 55.5 Å². The number of hydrogen-bond acceptors (Lipinski definition) is 4. The van der Waals surface area contributed by atoms with Gasteiger partial charge < -0.3 is 20.1 Å². The Balaban J connectivity index is 1.34. The molecule has 2 amide bonds. The number of likely N-dealkylation sites (tertiary alicyclic amines) is 1. The summed E-state index contributed by atoms with van der Waals surface area (Å²) in [6.07, 6.45) is 1.24. The van der Waals surface area contributed by atoms with E-state index < -0.39 is 23.9 Å². The number of ether oxygens (including phenoxy) is 1. The normalized spacial score (nSPS) is 20.2. The van der Waals surface area contributed by atoms with E-state index in [0.717, 1.165) is 11.1 Å². The van der Waals surface area contributed by atoms with Crippen molar-refractivity contribution in [3.8, 4) is 11.1 Å². The van der Waals surface area contributed by atoms with Crippen LogP contribution in [0.25, 0.3) is 11.1 Å². The van der Waals surface area contributed by atoms with Gasteiger partial charge in [0.25, 0.3) is 0 Å². The molecule has 1 heterocycles. The molecule has 0 aromatic heterocycles. The summed E-state index contributed by atoms with van der Waals surface area (Å²) in [4.78, 5) is 38.8. The van der Waals surface area contributed by atoms with Gasteiger partial charge in [-0.05, 0) is 48.4 Å². The molecule has 1 aliphatic carbocycles. The predicted octanol–water partition coefficient (Wildman–Crippen LogP) is 4.26. The first-order chi connectivity index (χ1) is 16.4. The Labute approximate surface area is 200 Å². The largest absolute Gasteiger partial charge is 0.481 e. The molecule has 2 N–H and O–H groups in total. The molecule has 7 heteroatoms. The van der Waals surface area contributed by atoms with E-state index in [0.29, 0.717) is 25.8 Å². The summed E-state index contributed by atoms with van der Waals surface area (Å²) in [5.74, 6) is -1.97. The highest BCUT2D eigenvalue weighted by atomic mass is 16.5. The average molecular weight is 465 g/mol. The summed E-state index contributed by atoms with van der Waals surface area (Å²) in [6.45, 7) is 4.61. The highest BCUT2D eigenvalue weighted by Gasteiger charge is 2.37. The first-order valence-electron chi connectivity index (χ1n) is 12.0. The Morgan fingerprint density at radius 1 is 1.09 bits per heavy atom. The number of nitrogens with zero attached hydrogens (tertiary/aromatic N) is 1. The van der Waals surface area contributed by atoms with Gasteiger partial charge in [-0.3, -0.25) is 9.59 Å². The smallest absolute Gasteiger partial charge is 0.407 e. The Kier molecular flexibility index (Phi) is 7.20. The third kappa shape index (κ3) is 4.65. The van der Waals surface area contributed by atoms with E-state index in [1.165, 1.54) is 11.1 Å². The number of alkyl carbamates (subject to hydrolysis) is 1. The number of fused-ring (bicyclic) bond motifs is 3. The van der Waals surface area contributed by atoms with Gasteiger partial charge in [0.1, 0.15) is 6.61 Å². The lowest BCUT2D eigenvalue weighted by molar-refractivity contribution is -0.150. The number of rotatable bonds is 7. The Hall–Kier alpha value is -3.35. The second kappa shape index (κ2) is 10.3. The van der Waals surface area contributed by atoms with Gasteiger partial charge in [0.2, 0.25) is 5.91 Å². The SMILES string of the molecule is CCC(CNC(=O)OCC1c2ccccc2-c2ccccc21)C(=O)N1CCC[C@H](C(=O)O)[C@@H]1C. The number of carbonyl (C=O) groups is 3. The van der Waals surface area contributed by atoms with Crippen LogP contribution in [-0.2, 0) is 14.3 Å². The van der Waals surface area contributed by atoms with Gasteiger partial charge in [0.05, 0.1) is 11.8 Å². The highest BCUT2D eigenvalue weighted by Crippen LogP contribution is 2.44. The zero-order chi connectivity index (χ0) is 24.2. The molecule has 4 rings (SSSR count). The van der Waals surface area contributed by atoms with Gasteiger partial charge in [-0.15, -0.1) is 0 Å². The molecular formula is C27H32N2O5. The standard InChI is InChI=1S/C27H32N2O5/c1-3-18(25(30)29-14-8-13-19(17(29)2)26(31)32)15-28-27(33)34-16-24-22-11-6-4-9-20(22)21-10-5-7-12-23(21)24/h4-7,9-12,17-19,24H,3,8,13-16H2,1-2H3,(H,28,33)(H,31,32)/t17-,18?,19-/m0/s1. The average Bonchev–Trinajstić information content (AvgIpc) is 3.16. The third-order valence-corrected chi connectivity index (χ3v) is 7.27. The van der Waals surface area contributed by atoms with Crippen LogP contribution in [0.4, 0.5) is 4.79 Å². The highest BCUT2D eigenvalue weighted by molar-refractivity contribution is 5.82. The van der Waals surface area contributed by atoms with Crippen LogP contribution in [0.1, 0.15) is 50.2 Å². The van der Waals surface area contributed by atoms with E-state index in [4.69, 9.17) is 4.74 Å². The monoisotopic (exact) mass is 464 g/mol. The number of carboxylic acids is 1. The number of benzene rings is 2. The maximum atomic E-state index is 13.1. The molecular weight excluding hydrogens is 432 g/mol. The molecule has 2 aromatic carbocycles. The summed E-state index contributed by atoms with van der Waals surface area (Å²) in [5.41, 5.74) is 4.62. The van der Waals surface area contributed by atoms with Crippen LogP contribution in [0.3, 0.4) is 0 Å². The molecule has 0 spiro atoms. The maximum Gasteiger partial charge on any atom is 0.407 e. The molecule has 1 fully saturated rings. The van der Waals surface area contributed by atoms with Crippen LogP contribution >= 0.6 is 0 Å². The molecule has 2 aromatic rings. The van der Waals surface area contributed by atoms with Crippen molar-refractivity contribution in [2.45, 2.75) is 45.1 Å². The van der Waals surface area contributed by atoms with Crippen molar-refractivity contribution in [2.24, 2.45) is 11.8 Å². The number of piperidine rings is 1. The van der Waals surface area contributed by atoms with Crippen LogP contribution in [0.2, 0.25) is 0 Å². The molecule has 1 unspecified atom stereocenters. The number of hydrogen-bond donors (Lipinski definition) is 2. The lowest BCUT2D eigenvalue weighted by Gasteiger charge is -2.39. The van der Waals surface area contributed by atoms with E-state index in [1.54, 1.807) is 11.8 Å². The van der Waals surface area contributed by atoms with Crippen molar-refractivity contribution >= 4 is 18.0 Å². The summed E-state index contributed by atoms with van der Waals surface area (Å²) >= 11 is 0. The van der Waals surface area contributed by atoms with Gasteiger partial charge in [-0.2, -0.15) is 0 Å². The Morgan fingerprint density at radius 2 is 1.71 bits per heavy atom. The van der Waals surface area contributed by atoms with Crippen LogP contribution in [0.5, 0.6) is 0 Å². The summed E-state index contributed by atoms with van der Waals surface area (Å²) < 4.78 is 5.58. The number of nitrogens with one attached hydrogen (secondary N) is 1. The number of carbonyl (C=O) groups excluding carboxylic acids is 2. The topological polar surface area (TPSA) is 95.9 Å². The fourth-order valence-corrected chi connectivity index (χ4v) is 5.28. The zero-order valence-corrected chi connectivity index (χ0v) is 19.7. The van der Waals surface area contributed by atoms with E-state index in [9.17, 15) is 19.5 Å². The second-order valence-corrected chi connectivity index (χ2v) is 9.17. The first-order valence-corrected chi connectivity index (χ1v) is 12.0. The number of amides is 2. The van der Waals surface area contributed by atoms with Gasteiger partial charge in [0, 0.05) is 25.0 Å². The second-order valence-electron chi connectivity index (χ2n) is 9.17. The maximum absolute atomic E-state index is 13.1. The van der Waals surface area contributed by atoms with E-state index in [-0.39, 0.29) is 31.0 Å². The van der Waals surface area contributed by atoms with Crippen molar-refractivity contribution in [1.29, 1.82) is 0 Å². The lowest BCUT2D eigenvalue weighted by Crippen LogP contribution is -2.52. The Bertz CT molecular complexity index is 1020. The molecule has 0 saturated carbocycles. The van der Waals surface area contributed by atoms with Crippen molar-refractivity contribution in [3.05, 3.63) is 59.7 Å². The number of carboxylic acid groups (broad SMARTS) is 1. The fourth-order valence-electron chi connectivity index (χ4n) is 5.28. The molecule has 3 atom stereocenters. The molecule has 0 radical (unpaired) electrons. The minimum absolute atomic E-state index is 0.0242. The molecule has 2 aliphatic rings. The van der Waals surface area contributed by atoms with Crippen LogP contribution < -0.4 is 5.32 Å². The Morgan fingerprint density at radius 3 is 2.29 bits per heavy atom. The van der Waals surface area contributed by atoms with E-state index >= 15 is 0 Å². The molecule has 34 heavy (non-hydrogen) atoms. The molecule has 180 valence electrons. The van der Waals surface area contributed by atoms with Gasteiger partial charge >= 0.3 is 12.1 Å². The zero-order valence-electron chi connectivity index (χ0n) is 19.7. The lowest BCUT2D eigenvalue weighted by atomic mass is 9.89. The molecule has 1 aliphatic heterocycles. The van der Waals surface area contributed by atoms with Crippen molar-refractivity contribution in [3.63, 3.8) is 0 Å². The van der Waals surface area contributed by atoms with Crippen LogP contribution in [0, 0.1) is 11.8 Å². The molecule has 7 nitrogen and oxygen atoms in total. The minimum atomic E-state index is -0.866. The quantitative estimate of drug-likeness (QED) is 0.638. The minimum Gasteiger partial charge on any atom is -0.481 e. The van der Waals surface area contributed by atoms with E-state index in [1.807, 2.05) is 31.2 Å². The van der Waals surface area contributed by atoms with Gasteiger partial charge in [0.15, 0.2) is 0 Å². The summed E-state index contributed by atoms with van der Waals surface area (Å²) in [5, 5.41) is 12.2. The molecule has 1 saturated heterocycles. The summed E-state index contributed by atoms with van der Waals surface area (Å²) in [7, 11) is 0. The summed E-state index contributed by atoms with van der Waals surface area (Å²) in [6, 6.07) is 15.9. The van der Waals surface area contributed by atoms with Crippen molar-refractivity contribution in [2.75, 3.05) is 19.7 Å². The van der Waals surface area contributed by atoms with Crippen molar-refractivity contribution in [1.82, 2.24) is 10.2 Å². The van der Waals surface area contributed by atoms with Gasteiger partial charge in [-0.25, -0.2) is 4.79 Å². The van der Waals surface area contributed by atoms with Crippen LogP contribution in [0.15, 0.2) is 48.5 Å². The molecule has 0 bridgehead atoms. The van der Waals surface area contributed by atoms with E-state index in [2.05, 4.69) is 29.6 Å². The first kappa shape index (κ1) is 23.8. The third-order valence-electron chi connectivity index (χ3n) is 7.27.